The Bertz CT molecular complexity index is 531. The predicted octanol–water partition coefficient (Wildman–Crippen LogP) is 2.26. The number of aliphatic hydroxyl groups excluding tert-OH is 1. The van der Waals surface area contributed by atoms with Crippen molar-refractivity contribution in [2.45, 2.75) is 6.10 Å². The van der Waals surface area contributed by atoms with Crippen molar-refractivity contribution in [3.8, 4) is 0 Å². The highest BCUT2D eigenvalue weighted by atomic mass is 35.5. The summed E-state index contributed by atoms with van der Waals surface area (Å²) >= 11 is 7.30. The second kappa shape index (κ2) is 5.95. The lowest BCUT2D eigenvalue weighted by Gasteiger charge is -2.13. The van der Waals surface area contributed by atoms with Crippen molar-refractivity contribution in [1.29, 1.82) is 0 Å². The summed E-state index contributed by atoms with van der Waals surface area (Å²) in [5.41, 5.74) is 2.53. The maximum absolute atomic E-state index is 11.6. The average Bonchev–Trinajstić information content (AvgIpc) is 2.90. The first-order valence-corrected chi connectivity index (χ1v) is 6.59. The number of nitrogens with one attached hydrogen (secondary N) is 1. The molecule has 1 aromatic heterocycles. The zero-order chi connectivity index (χ0) is 13.0. The predicted molar refractivity (Wildman–Crippen MR) is 70.9 cm³/mol. The topological polar surface area (TPSA) is 62.2 Å². The minimum Gasteiger partial charge on any atom is -0.387 e. The van der Waals surface area contributed by atoms with E-state index in [0.717, 1.165) is 0 Å². The van der Waals surface area contributed by atoms with Gasteiger partial charge in [-0.25, -0.2) is 4.98 Å². The molecule has 1 unspecified atom stereocenters. The third kappa shape index (κ3) is 3.07. The Labute approximate surface area is 113 Å². The number of benzene rings is 1. The van der Waals surface area contributed by atoms with E-state index in [1.165, 1.54) is 11.3 Å². The van der Waals surface area contributed by atoms with Crippen LogP contribution in [0.4, 0.5) is 0 Å². The lowest BCUT2D eigenvalue weighted by Crippen LogP contribution is -2.28. The molecule has 18 heavy (non-hydrogen) atoms. The number of thiazole rings is 1. The summed E-state index contributed by atoms with van der Waals surface area (Å²) in [5.74, 6) is -0.303. The second-order valence-corrected chi connectivity index (χ2v) is 4.75. The summed E-state index contributed by atoms with van der Waals surface area (Å²) in [6.07, 6.45) is -0.832. The summed E-state index contributed by atoms with van der Waals surface area (Å²) in [4.78, 5) is 15.5. The smallest absolute Gasteiger partial charge is 0.270 e. The summed E-state index contributed by atoms with van der Waals surface area (Å²) in [7, 11) is 0. The van der Waals surface area contributed by atoms with Gasteiger partial charge in [-0.2, -0.15) is 0 Å². The molecular formula is C12H11ClN2O2S. The number of amides is 1. The van der Waals surface area contributed by atoms with Crippen molar-refractivity contribution >= 4 is 28.8 Å². The van der Waals surface area contributed by atoms with E-state index in [-0.39, 0.29) is 12.5 Å². The molecule has 0 saturated heterocycles. The van der Waals surface area contributed by atoms with Gasteiger partial charge in [-0.1, -0.05) is 29.8 Å². The molecule has 1 heterocycles. The van der Waals surface area contributed by atoms with Gasteiger partial charge in [0.2, 0.25) is 0 Å². The number of aliphatic hydroxyl groups is 1. The molecule has 0 fully saturated rings. The molecule has 2 N–H and O–H groups in total. The van der Waals surface area contributed by atoms with Crippen LogP contribution in [0, 0.1) is 0 Å². The Kier molecular flexibility index (Phi) is 4.30. The molecule has 94 valence electrons. The van der Waals surface area contributed by atoms with Gasteiger partial charge in [-0.05, 0) is 6.07 Å². The van der Waals surface area contributed by atoms with Crippen LogP contribution in [0.1, 0.15) is 22.2 Å². The molecule has 2 aromatic rings. The first-order chi connectivity index (χ1) is 8.68. The van der Waals surface area contributed by atoms with Gasteiger partial charge in [-0.3, -0.25) is 4.79 Å². The highest BCUT2D eigenvalue weighted by Crippen LogP contribution is 2.21. The fraction of sp³-hybridized carbons (Fsp3) is 0.167. The summed E-state index contributed by atoms with van der Waals surface area (Å²) in [6, 6.07) is 6.99. The molecule has 4 nitrogen and oxygen atoms in total. The van der Waals surface area contributed by atoms with Crippen LogP contribution >= 0.6 is 22.9 Å². The Hall–Kier alpha value is -1.43. The van der Waals surface area contributed by atoms with Crippen LogP contribution in [0.25, 0.3) is 0 Å². The average molecular weight is 283 g/mol. The van der Waals surface area contributed by atoms with E-state index in [2.05, 4.69) is 10.3 Å². The Morgan fingerprint density at radius 1 is 1.50 bits per heavy atom. The van der Waals surface area contributed by atoms with E-state index in [9.17, 15) is 9.90 Å². The molecule has 1 aromatic carbocycles. The second-order valence-electron chi connectivity index (χ2n) is 3.62. The Morgan fingerprint density at radius 2 is 2.28 bits per heavy atom. The van der Waals surface area contributed by atoms with E-state index >= 15 is 0 Å². The van der Waals surface area contributed by atoms with Gasteiger partial charge in [0, 0.05) is 22.5 Å². The number of hydrogen-bond donors (Lipinski definition) is 2. The minimum absolute atomic E-state index is 0.0973. The lowest BCUT2D eigenvalue weighted by atomic mass is 10.1. The maximum Gasteiger partial charge on any atom is 0.270 e. The van der Waals surface area contributed by atoms with Crippen LogP contribution in [0.5, 0.6) is 0 Å². The van der Waals surface area contributed by atoms with E-state index < -0.39 is 6.10 Å². The lowest BCUT2D eigenvalue weighted by molar-refractivity contribution is 0.0912. The van der Waals surface area contributed by atoms with Crippen LogP contribution < -0.4 is 5.32 Å². The van der Waals surface area contributed by atoms with Crippen molar-refractivity contribution in [2.24, 2.45) is 0 Å². The quantitative estimate of drug-likeness (QED) is 0.904. The monoisotopic (exact) mass is 282 g/mol. The molecule has 0 radical (unpaired) electrons. The number of hydrogen-bond acceptors (Lipinski definition) is 4. The normalized spacial score (nSPS) is 12.1. The molecule has 6 heteroatoms. The van der Waals surface area contributed by atoms with Gasteiger partial charge in [-0.15, -0.1) is 11.3 Å². The first-order valence-electron chi connectivity index (χ1n) is 5.27. The van der Waals surface area contributed by atoms with Gasteiger partial charge in [0.15, 0.2) is 0 Å². The van der Waals surface area contributed by atoms with E-state index in [1.54, 1.807) is 35.2 Å². The molecule has 0 aliphatic heterocycles. The van der Waals surface area contributed by atoms with E-state index in [4.69, 9.17) is 11.6 Å². The van der Waals surface area contributed by atoms with Crippen molar-refractivity contribution in [1.82, 2.24) is 10.3 Å². The van der Waals surface area contributed by atoms with Crippen LogP contribution in [-0.4, -0.2) is 22.5 Å². The molecule has 2 rings (SSSR count). The number of nitrogens with zero attached hydrogens (tertiary/aromatic N) is 1. The van der Waals surface area contributed by atoms with Gasteiger partial charge >= 0.3 is 0 Å². The van der Waals surface area contributed by atoms with Gasteiger partial charge < -0.3 is 10.4 Å². The van der Waals surface area contributed by atoms with E-state index in [0.29, 0.717) is 16.3 Å². The third-order valence-corrected chi connectivity index (χ3v) is 3.32. The van der Waals surface area contributed by atoms with Crippen molar-refractivity contribution < 1.29 is 9.90 Å². The fourth-order valence-corrected chi connectivity index (χ4v) is 2.25. The standard InChI is InChI=1S/C12H11ClN2O2S/c13-9-4-2-1-3-8(9)11(16)5-14-12(17)10-6-18-7-15-10/h1-4,6-7,11,16H,5H2,(H,14,17). The van der Waals surface area contributed by atoms with Crippen LogP contribution in [0.2, 0.25) is 5.02 Å². The number of halogens is 1. The van der Waals surface area contributed by atoms with Crippen LogP contribution in [0.15, 0.2) is 35.2 Å². The summed E-state index contributed by atoms with van der Waals surface area (Å²) in [5, 5.41) is 14.7. The summed E-state index contributed by atoms with van der Waals surface area (Å²) in [6.45, 7) is 0.0973. The van der Waals surface area contributed by atoms with Crippen LogP contribution in [0.3, 0.4) is 0 Å². The van der Waals surface area contributed by atoms with Crippen molar-refractivity contribution in [3.63, 3.8) is 0 Å². The molecule has 1 atom stereocenters. The largest absolute Gasteiger partial charge is 0.387 e. The number of carbonyl (C=O) groups is 1. The number of aromatic nitrogens is 1. The van der Waals surface area contributed by atoms with Gasteiger partial charge in [0.25, 0.3) is 5.91 Å². The highest BCUT2D eigenvalue weighted by Gasteiger charge is 2.13. The molecular weight excluding hydrogens is 272 g/mol. The third-order valence-electron chi connectivity index (χ3n) is 2.39. The summed E-state index contributed by atoms with van der Waals surface area (Å²) < 4.78 is 0. The number of rotatable bonds is 4. The van der Waals surface area contributed by atoms with Gasteiger partial charge in [0.05, 0.1) is 11.6 Å². The Morgan fingerprint density at radius 3 is 2.94 bits per heavy atom. The SMILES string of the molecule is O=C(NCC(O)c1ccccc1Cl)c1cscn1. The van der Waals surface area contributed by atoms with Gasteiger partial charge in [0.1, 0.15) is 5.69 Å². The fourth-order valence-electron chi connectivity index (χ4n) is 1.46. The molecule has 0 bridgehead atoms. The molecule has 0 aliphatic rings. The zero-order valence-corrected chi connectivity index (χ0v) is 10.9. The first kappa shape index (κ1) is 13.0. The highest BCUT2D eigenvalue weighted by molar-refractivity contribution is 7.07. The van der Waals surface area contributed by atoms with E-state index in [1.807, 2.05) is 0 Å². The van der Waals surface area contributed by atoms with Crippen molar-refractivity contribution in [3.05, 3.63) is 51.4 Å². The molecule has 0 aliphatic carbocycles. The van der Waals surface area contributed by atoms with Crippen LogP contribution in [-0.2, 0) is 0 Å². The molecule has 0 saturated carbocycles. The number of carbonyl (C=O) groups excluding carboxylic acids is 1. The zero-order valence-electron chi connectivity index (χ0n) is 9.34. The minimum atomic E-state index is -0.832. The maximum atomic E-state index is 11.6. The Balaban J connectivity index is 1.95. The van der Waals surface area contributed by atoms with Crippen molar-refractivity contribution in [2.75, 3.05) is 6.54 Å². The molecule has 1 amide bonds. The molecule has 0 spiro atoms.